The van der Waals surface area contributed by atoms with E-state index in [1.54, 1.807) is 6.07 Å². The van der Waals surface area contributed by atoms with Gasteiger partial charge in [0.15, 0.2) is 11.5 Å². The van der Waals surface area contributed by atoms with Crippen molar-refractivity contribution >= 4 is 0 Å². The SMILES string of the molecule is Cc1cc(O)c2c(c1)COC(C)(C)O2. The van der Waals surface area contributed by atoms with Crippen molar-refractivity contribution in [3.8, 4) is 11.5 Å². The summed E-state index contributed by atoms with van der Waals surface area (Å²) in [4.78, 5) is 0. The number of aromatic hydroxyl groups is 1. The molecule has 0 spiro atoms. The zero-order chi connectivity index (χ0) is 10.3. The molecular formula is C11H14O3. The van der Waals surface area contributed by atoms with Gasteiger partial charge in [-0.15, -0.1) is 0 Å². The molecule has 0 bridgehead atoms. The van der Waals surface area contributed by atoms with Crippen LogP contribution in [-0.2, 0) is 11.3 Å². The predicted molar refractivity (Wildman–Crippen MR) is 52.3 cm³/mol. The molecule has 0 fully saturated rings. The van der Waals surface area contributed by atoms with Gasteiger partial charge in [-0.05, 0) is 24.6 Å². The lowest BCUT2D eigenvalue weighted by Gasteiger charge is -2.33. The number of benzene rings is 1. The summed E-state index contributed by atoms with van der Waals surface area (Å²) in [6, 6.07) is 3.66. The lowest BCUT2D eigenvalue weighted by molar-refractivity contribution is -0.180. The first kappa shape index (κ1) is 9.34. The minimum absolute atomic E-state index is 0.191. The maximum absolute atomic E-state index is 9.69. The molecular weight excluding hydrogens is 180 g/mol. The number of hydrogen-bond acceptors (Lipinski definition) is 3. The minimum Gasteiger partial charge on any atom is -0.504 e. The number of rotatable bonds is 0. The van der Waals surface area contributed by atoms with Crippen molar-refractivity contribution in [3.05, 3.63) is 23.3 Å². The molecule has 0 atom stereocenters. The van der Waals surface area contributed by atoms with Crippen molar-refractivity contribution in [1.82, 2.24) is 0 Å². The van der Waals surface area contributed by atoms with E-state index in [1.807, 2.05) is 26.8 Å². The number of fused-ring (bicyclic) bond motifs is 1. The molecule has 1 aliphatic rings. The Morgan fingerprint density at radius 1 is 1.36 bits per heavy atom. The van der Waals surface area contributed by atoms with Gasteiger partial charge in [0.2, 0.25) is 5.79 Å². The Hall–Kier alpha value is -1.22. The van der Waals surface area contributed by atoms with Gasteiger partial charge in [-0.1, -0.05) is 0 Å². The molecule has 0 radical (unpaired) electrons. The summed E-state index contributed by atoms with van der Waals surface area (Å²) < 4.78 is 11.0. The maximum atomic E-state index is 9.69. The van der Waals surface area contributed by atoms with Gasteiger partial charge in [-0.25, -0.2) is 0 Å². The second kappa shape index (κ2) is 2.89. The summed E-state index contributed by atoms with van der Waals surface area (Å²) in [6.45, 7) is 6.07. The second-order valence-electron chi connectivity index (χ2n) is 4.06. The normalized spacial score (nSPS) is 18.5. The van der Waals surface area contributed by atoms with Crippen LogP contribution in [0.3, 0.4) is 0 Å². The summed E-state index contributed by atoms with van der Waals surface area (Å²) in [5.74, 6) is 0.0861. The van der Waals surface area contributed by atoms with Crippen molar-refractivity contribution in [3.63, 3.8) is 0 Å². The van der Waals surface area contributed by atoms with Crippen LogP contribution in [0.15, 0.2) is 12.1 Å². The average molecular weight is 194 g/mol. The fraction of sp³-hybridized carbons (Fsp3) is 0.455. The highest BCUT2D eigenvalue weighted by atomic mass is 16.7. The van der Waals surface area contributed by atoms with Crippen LogP contribution in [0.2, 0.25) is 0 Å². The summed E-state index contributed by atoms with van der Waals surface area (Å²) >= 11 is 0. The number of aryl methyl sites for hydroxylation is 1. The molecule has 0 saturated carbocycles. The molecule has 0 unspecified atom stereocenters. The lowest BCUT2D eigenvalue weighted by atomic mass is 10.1. The zero-order valence-corrected chi connectivity index (χ0v) is 8.63. The van der Waals surface area contributed by atoms with E-state index < -0.39 is 5.79 Å². The maximum Gasteiger partial charge on any atom is 0.205 e. The van der Waals surface area contributed by atoms with Crippen molar-refractivity contribution in [2.45, 2.75) is 33.2 Å². The third-order valence-corrected chi connectivity index (χ3v) is 2.21. The lowest BCUT2D eigenvalue weighted by Crippen LogP contribution is -2.35. The molecule has 76 valence electrons. The third kappa shape index (κ3) is 1.55. The van der Waals surface area contributed by atoms with E-state index in [9.17, 15) is 5.11 Å². The van der Waals surface area contributed by atoms with Crippen LogP contribution >= 0.6 is 0 Å². The molecule has 1 aromatic carbocycles. The van der Waals surface area contributed by atoms with Crippen molar-refractivity contribution in [2.75, 3.05) is 0 Å². The Labute approximate surface area is 83.3 Å². The monoisotopic (exact) mass is 194 g/mol. The Balaban J connectivity index is 2.47. The van der Waals surface area contributed by atoms with Gasteiger partial charge in [0.25, 0.3) is 0 Å². The van der Waals surface area contributed by atoms with Crippen LogP contribution in [0.1, 0.15) is 25.0 Å². The Bertz CT molecular complexity index is 369. The molecule has 3 nitrogen and oxygen atoms in total. The molecule has 1 aliphatic heterocycles. The second-order valence-corrected chi connectivity index (χ2v) is 4.06. The standard InChI is InChI=1S/C11H14O3/c1-7-4-8-6-13-11(2,3)14-10(8)9(12)5-7/h4-5,12H,6H2,1-3H3. The van der Waals surface area contributed by atoms with Gasteiger partial charge in [0.1, 0.15) is 0 Å². The van der Waals surface area contributed by atoms with Gasteiger partial charge in [0.05, 0.1) is 6.61 Å². The topological polar surface area (TPSA) is 38.7 Å². The van der Waals surface area contributed by atoms with Gasteiger partial charge >= 0.3 is 0 Å². The number of hydrogen-bond donors (Lipinski definition) is 1. The Kier molecular flexibility index (Phi) is 1.93. The van der Waals surface area contributed by atoms with Crippen LogP contribution < -0.4 is 4.74 Å². The van der Waals surface area contributed by atoms with Crippen molar-refractivity contribution in [1.29, 1.82) is 0 Å². The summed E-state index contributed by atoms with van der Waals surface area (Å²) in [5.41, 5.74) is 1.91. The van der Waals surface area contributed by atoms with Crippen LogP contribution in [0, 0.1) is 6.92 Å². The number of ether oxygens (including phenoxy) is 2. The molecule has 1 heterocycles. The number of phenolic OH excluding ortho intramolecular Hbond substituents is 1. The fourth-order valence-electron chi connectivity index (χ4n) is 1.58. The van der Waals surface area contributed by atoms with E-state index in [0.717, 1.165) is 11.1 Å². The molecule has 1 N–H and O–H groups in total. The predicted octanol–water partition coefficient (Wildman–Crippen LogP) is 2.35. The van der Waals surface area contributed by atoms with Crippen molar-refractivity contribution in [2.24, 2.45) is 0 Å². The van der Waals surface area contributed by atoms with E-state index in [0.29, 0.717) is 12.4 Å². The van der Waals surface area contributed by atoms with Gasteiger partial charge in [-0.3, -0.25) is 0 Å². The smallest absolute Gasteiger partial charge is 0.205 e. The van der Waals surface area contributed by atoms with E-state index >= 15 is 0 Å². The van der Waals surface area contributed by atoms with Crippen molar-refractivity contribution < 1.29 is 14.6 Å². The fourth-order valence-corrected chi connectivity index (χ4v) is 1.58. The first-order chi connectivity index (χ1) is 6.48. The Morgan fingerprint density at radius 3 is 2.79 bits per heavy atom. The van der Waals surface area contributed by atoms with E-state index in [2.05, 4.69) is 0 Å². The highest BCUT2D eigenvalue weighted by Gasteiger charge is 2.29. The van der Waals surface area contributed by atoms with E-state index in [-0.39, 0.29) is 5.75 Å². The molecule has 3 heteroatoms. The third-order valence-electron chi connectivity index (χ3n) is 2.21. The summed E-state index contributed by atoms with van der Waals surface area (Å²) in [7, 11) is 0. The van der Waals surface area contributed by atoms with Gasteiger partial charge < -0.3 is 14.6 Å². The molecule has 0 aromatic heterocycles. The van der Waals surface area contributed by atoms with Crippen LogP contribution in [0.5, 0.6) is 11.5 Å². The quantitative estimate of drug-likeness (QED) is 0.689. The molecule has 0 aliphatic carbocycles. The van der Waals surface area contributed by atoms with E-state index in [4.69, 9.17) is 9.47 Å². The zero-order valence-electron chi connectivity index (χ0n) is 8.63. The van der Waals surface area contributed by atoms with Gasteiger partial charge in [0, 0.05) is 19.4 Å². The highest BCUT2D eigenvalue weighted by molar-refractivity contribution is 5.49. The van der Waals surface area contributed by atoms with Crippen LogP contribution in [-0.4, -0.2) is 10.9 Å². The van der Waals surface area contributed by atoms with Crippen LogP contribution in [0.25, 0.3) is 0 Å². The molecule has 2 rings (SSSR count). The Morgan fingerprint density at radius 2 is 2.07 bits per heavy atom. The number of phenols is 1. The summed E-state index contributed by atoms with van der Waals surface area (Å²) in [6.07, 6.45) is 0. The average Bonchev–Trinajstić information content (AvgIpc) is 2.06. The molecule has 0 amide bonds. The first-order valence-electron chi connectivity index (χ1n) is 4.63. The molecule has 0 saturated heterocycles. The van der Waals surface area contributed by atoms with E-state index in [1.165, 1.54) is 0 Å². The highest BCUT2D eigenvalue weighted by Crippen LogP contribution is 2.38. The molecule has 14 heavy (non-hydrogen) atoms. The minimum atomic E-state index is -0.653. The largest absolute Gasteiger partial charge is 0.504 e. The first-order valence-corrected chi connectivity index (χ1v) is 4.63. The summed E-state index contributed by atoms with van der Waals surface area (Å²) in [5, 5.41) is 9.69. The molecule has 1 aromatic rings. The van der Waals surface area contributed by atoms with Crippen LogP contribution in [0.4, 0.5) is 0 Å². The van der Waals surface area contributed by atoms with Gasteiger partial charge in [-0.2, -0.15) is 0 Å².